The van der Waals surface area contributed by atoms with Gasteiger partial charge in [0.15, 0.2) is 0 Å². The number of para-hydroxylation sites is 1. The summed E-state index contributed by atoms with van der Waals surface area (Å²) in [5.41, 5.74) is 2.02. The molecule has 106 valence electrons. The summed E-state index contributed by atoms with van der Waals surface area (Å²) in [7, 11) is 1.69. The number of rotatable bonds is 6. The van der Waals surface area contributed by atoms with Crippen LogP contribution < -0.4 is 10.1 Å². The molecule has 0 aliphatic heterocycles. The largest absolute Gasteiger partial charge is 0.494 e. The van der Waals surface area contributed by atoms with E-state index < -0.39 is 0 Å². The highest BCUT2D eigenvalue weighted by molar-refractivity contribution is 5.84. The lowest BCUT2D eigenvalue weighted by molar-refractivity contribution is 0.418. The Kier molecular flexibility index (Phi) is 3.88. The van der Waals surface area contributed by atoms with Gasteiger partial charge in [0.2, 0.25) is 0 Å². The molecule has 2 aromatic rings. The standard InChI is InChI=1S/C17H22N2O/c1-12(13-6-7-13)10-18-11-15-9-8-14-4-3-5-16(20-2)17(14)19-15/h3-5,8-9,12-13,18H,6-7,10-11H2,1-2H3. The van der Waals surface area contributed by atoms with Gasteiger partial charge in [0.1, 0.15) is 11.3 Å². The van der Waals surface area contributed by atoms with Gasteiger partial charge in [-0.15, -0.1) is 0 Å². The quantitative estimate of drug-likeness (QED) is 0.873. The van der Waals surface area contributed by atoms with Gasteiger partial charge in [0.25, 0.3) is 0 Å². The van der Waals surface area contributed by atoms with Crippen molar-refractivity contribution in [2.75, 3.05) is 13.7 Å². The molecule has 1 aromatic heterocycles. The molecule has 1 N–H and O–H groups in total. The van der Waals surface area contributed by atoms with Crippen molar-refractivity contribution in [2.45, 2.75) is 26.3 Å². The van der Waals surface area contributed by atoms with Crippen molar-refractivity contribution in [3.63, 3.8) is 0 Å². The van der Waals surface area contributed by atoms with Crippen molar-refractivity contribution >= 4 is 10.9 Å². The summed E-state index contributed by atoms with van der Waals surface area (Å²) in [5, 5.41) is 4.65. The third-order valence-electron chi connectivity index (χ3n) is 4.16. The van der Waals surface area contributed by atoms with E-state index in [1.54, 1.807) is 7.11 Å². The molecule has 1 aromatic carbocycles. The molecule has 3 nitrogen and oxygen atoms in total. The predicted octanol–water partition coefficient (Wildman–Crippen LogP) is 3.38. The predicted molar refractivity (Wildman–Crippen MR) is 81.9 cm³/mol. The molecule has 0 saturated heterocycles. The summed E-state index contributed by atoms with van der Waals surface area (Å²) in [6.45, 7) is 4.24. The summed E-state index contributed by atoms with van der Waals surface area (Å²) in [6.07, 6.45) is 2.82. The van der Waals surface area contributed by atoms with Crippen LogP contribution in [0.4, 0.5) is 0 Å². The Bertz CT molecular complexity index is 593. The number of pyridine rings is 1. The molecule has 1 heterocycles. The van der Waals surface area contributed by atoms with Gasteiger partial charge in [-0.2, -0.15) is 0 Å². The highest BCUT2D eigenvalue weighted by Crippen LogP contribution is 2.36. The maximum atomic E-state index is 5.38. The normalized spacial score (nSPS) is 16.3. The van der Waals surface area contributed by atoms with E-state index in [1.807, 2.05) is 12.1 Å². The van der Waals surface area contributed by atoms with Crippen LogP contribution in [0.2, 0.25) is 0 Å². The number of hydrogen-bond acceptors (Lipinski definition) is 3. The number of ether oxygens (including phenoxy) is 1. The second kappa shape index (κ2) is 5.80. The van der Waals surface area contributed by atoms with Crippen LogP contribution in [0.3, 0.4) is 0 Å². The SMILES string of the molecule is COc1cccc2ccc(CNCC(C)C3CC3)nc12. The van der Waals surface area contributed by atoms with Crippen LogP contribution in [0.1, 0.15) is 25.5 Å². The molecular formula is C17H22N2O. The number of methoxy groups -OCH3 is 1. The highest BCUT2D eigenvalue weighted by atomic mass is 16.5. The molecule has 1 saturated carbocycles. The molecule has 20 heavy (non-hydrogen) atoms. The van der Waals surface area contributed by atoms with Crippen LogP contribution in [0, 0.1) is 11.8 Å². The van der Waals surface area contributed by atoms with Crippen LogP contribution in [0.5, 0.6) is 5.75 Å². The molecule has 1 fully saturated rings. The molecule has 1 aliphatic rings. The summed E-state index contributed by atoms with van der Waals surface area (Å²) in [5.74, 6) is 2.58. The van der Waals surface area contributed by atoms with Gasteiger partial charge in [0.05, 0.1) is 12.8 Å². The molecule has 1 atom stereocenters. The zero-order valence-corrected chi connectivity index (χ0v) is 12.2. The summed E-state index contributed by atoms with van der Waals surface area (Å²) < 4.78 is 5.38. The topological polar surface area (TPSA) is 34.1 Å². The van der Waals surface area contributed by atoms with Gasteiger partial charge in [-0.1, -0.05) is 25.1 Å². The van der Waals surface area contributed by atoms with Gasteiger partial charge in [0, 0.05) is 11.9 Å². The first-order valence-electron chi connectivity index (χ1n) is 7.41. The first-order chi connectivity index (χ1) is 9.78. The molecule has 0 spiro atoms. The minimum absolute atomic E-state index is 0.782. The smallest absolute Gasteiger partial charge is 0.145 e. The zero-order valence-electron chi connectivity index (χ0n) is 12.2. The van der Waals surface area contributed by atoms with Crippen LogP contribution in [-0.4, -0.2) is 18.6 Å². The molecule has 0 amide bonds. The average molecular weight is 270 g/mol. The summed E-state index contributed by atoms with van der Waals surface area (Å²) in [6, 6.07) is 10.2. The van der Waals surface area contributed by atoms with Gasteiger partial charge in [-0.05, 0) is 43.4 Å². The van der Waals surface area contributed by atoms with E-state index >= 15 is 0 Å². The van der Waals surface area contributed by atoms with E-state index in [0.717, 1.165) is 47.3 Å². The summed E-state index contributed by atoms with van der Waals surface area (Å²) in [4.78, 5) is 4.72. The van der Waals surface area contributed by atoms with Crippen molar-refractivity contribution in [3.8, 4) is 5.75 Å². The first-order valence-corrected chi connectivity index (χ1v) is 7.41. The van der Waals surface area contributed by atoms with Crippen molar-refractivity contribution in [1.82, 2.24) is 10.3 Å². The molecule has 3 rings (SSSR count). The number of hydrogen-bond donors (Lipinski definition) is 1. The molecule has 0 bridgehead atoms. The van der Waals surface area contributed by atoms with E-state index in [9.17, 15) is 0 Å². The van der Waals surface area contributed by atoms with Crippen LogP contribution in [0.15, 0.2) is 30.3 Å². The molecular weight excluding hydrogens is 248 g/mol. The van der Waals surface area contributed by atoms with Crippen molar-refractivity contribution in [2.24, 2.45) is 11.8 Å². The number of fused-ring (bicyclic) bond motifs is 1. The average Bonchev–Trinajstić information content (AvgIpc) is 3.31. The number of nitrogens with zero attached hydrogens (tertiary/aromatic N) is 1. The zero-order chi connectivity index (χ0) is 13.9. The highest BCUT2D eigenvalue weighted by Gasteiger charge is 2.27. The van der Waals surface area contributed by atoms with Crippen molar-refractivity contribution in [3.05, 3.63) is 36.0 Å². The second-order valence-corrected chi connectivity index (χ2v) is 5.78. The summed E-state index contributed by atoms with van der Waals surface area (Å²) >= 11 is 0. The number of aromatic nitrogens is 1. The van der Waals surface area contributed by atoms with Crippen molar-refractivity contribution in [1.29, 1.82) is 0 Å². The molecule has 3 heteroatoms. The molecule has 0 radical (unpaired) electrons. The van der Waals surface area contributed by atoms with Gasteiger partial charge in [-0.25, -0.2) is 4.98 Å². The van der Waals surface area contributed by atoms with E-state index in [-0.39, 0.29) is 0 Å². The lowest BCUT2D eigenvalue weighted by Gasteiger charge is -2.11. The van der Waals surface area contributed by atoms with Crippen molar-refractivity contribution < 1.29 is 4.74 Å². The number of benzene rings is 1. The maximum Gasteiger partial charge on any atom is 0.145 e. The second-order valence-electron chi connectivity index (χ2n) is 5.78. The lowest BCUT2D eigenvalue weighted by atomic mass is 10.1. The Morgan fingerprint density at radius 2 is 2.15 bits per heavy atom. The van der Waals surface area contributed by atoms with E-state index in [0.29, 0.717) is 0 Å². The fourth-order valence-electron chi connectivity index (χ4n) is 2.68. The monoisotopic (exact) mass is 270 g/mol. The third-order valence-corrected chi connectivity index (χ3v) is 4.16. The molecule has 1 aliphatic carbocycles. The van der Waals surface area contributed by atoms with Gasteiger partial charge >= 0.3 is 0 Å². The number of nitrogens with one attached hydrogen (secondary N) is 1. The van der Waals surface area contributed by atoms with Crippen LogP contribution in [0.25, 0.3) is 10.9 Å². The van der Waals surface area contributed by atoms with Gasteiger partial charge < -0.3 is 10.1 Å². The fourth-order valence-corrected chi connectivity index (χ4v) is 2.68. The van der Waals surface area contributed by atoms with Gasteiger partial charge in [-0.3, -0.25) is 0 Å². The lowest BCUT2D eigenvalue weighted by Crippen LogP contribution is -2.22. The van der Waals surface area contributed by atoms with E-state index in [2.05, 4.69) is 30.4 Å². The Morgan fingerprint density at radius 1 is 1.30 bits per heavy atom. The van der Waals surface area contributed by atoms with Crippen LogP contribution in [-0.2, 0) is 6.54 Å². The minimum Gasteiger partial charge on any atom is -0.494 e. The van der Waals surface area contributed by atoms with E-state index in [1.165, 1.54) is 12.8 Å². The minimum atomic E-state index is 0.782. The van der Waals surface area contributed by atoms with E-state index in [4.69, 9.17) is 9.72 Å². The Morgan fingerprint density at radius 3 is 2.90 bits per heavy atom. The third kappa shape index (κ3) is 2.93. The van der Waals surface area contributed by atoms with Crippen LogP contribution >= 0.6 is 0 Å². The molecule has 1 unspecified atom stereocenters. The first kappa shape index (κ1) is 13.4. The fraction of sp³-hybridized carbons (Fsp3) is 0.471. The Balaban J connectivity index is 1.68. The Hall–Kier alpha value is -1.61. The Labute approximate surface area is 120 Å². The maximum absolute atomic E-state index is 5.38.